The van der Waals surface area contributed by atoms with Gasteiger partial charge in [-0.3, -0.25) is 4.99 Å². The van der Waals surface area contributed by atoms with E-state index in [2.05, 4.69) is 39.6 Å². The Morgan fingerprint density at radius 3 is 2.91 bits per heavy atom. The first-order valence-electron chi connectivity index (χ1n) is 8.30. The monoisotopic (exact) mass is 322 g/mol. The van der Waals surface area contributed by atoms with E-state index >= 15 is 0 Å². The number of thiophene rings is 1. The van der Waals surface area contributed by atoms with Gasteiger partial charge in [-0.15, -0.1) is 11.3 Å². The number of aliphatic imine (C=N–C) groups is 1. The van der Waals surface area contributed by atoms with Crippen LogP contribution < -0.4 is 10.2 Å². The number of guanidine groups is 1. The van der Waals surface area contributed by atoms with Gasteiger partial charge in [0.1, 0.15) is 0 Å². The Hall–Kier alpha value is -1.27. The highest BCUT2D eigenvalue weighted by atomic mass is 32.1. The van der Waals surface area contributed by atoms with Gasteiger partial charge < -0.3 is 19.9 Å². The molecule has 0 aliphatic carbocycles. The molecule has 2 aliphatic rings. The van der Waals surface area contributed by atoms with E-state index in [1.807, 2.05) is 11.3 Å². The largest absolute Gasteiger partial charge is 0.376 e. The highest BCUT2D eigenvalue weighted by molar-refractivity contribution is 7.14. The summed E-state index contributed by atoms with van der Waals surface area (Å²) in [6.45, 7) is 8.89. The van der Waals surface area contributed by atoms with Crippen molar-refractivity contribution in [1.82, 2.24) is 10.2 Å². The number of nitrogens with one attached hydrogen (secondary N) is 1. The van der Waals surface area contributed by atoms with Crippen LogP contribution in [0.5, 0.6) is 0 Å². The van der Waals surface area contributed by atoms with Gasteiger partial charge in [-0.2, -0.15) is 0 Å². The summed E-state index contributed by atoms with van der Waals surface area (Å²) >= 11 is 1.82. The van der Waals surface area contributed by atoms with Crippen molar-refractivity contribution in [2.24, 2.45) is 4.99 Å². The van der Waals surface area contributed by atoms with Gasteiger partial charge >= 0.3 is 0 Å². The molecule has 1 aromatic heterocycles. The molecule has 0 bridgehead atoms. The van der Waals surface area contributed by atoms with Crippen LogP contribution >= 0.6 is 11.3 Å². The zero-order valence-electron chi connectivity index (χ0n) is 13.3. The lowest BCUT2D eigenvalue weighted by molar-refractivity contribution is 0.117. The van der Waals surface area contributed by atoms with Gasteiger partial charge in [-0.05, 0) is 37.3 Å². The normalized spacial score (nSPS) is 23.1. The first kappa shape index (κ1) is 15.6. The highest BCUT2D eigenvalue weighted by Gasteiger charge is 2.21. The topological polar surface area (TPSA) is 40.1 Å². The zero-order chi connectivity index (χ0) is 15.2. The average Bonchev–Trinajstić information content (AvgIpc) is 3.25. The smallest absolute Gasteiger partial charge is 0.194 e. The van der Waals surface area contributed by atoms with Crippen molar-refractivity contribution < 1.29 is 4.74 Å². The lowest BCUT2D eigenvalue weighted by Crippen LogP contribution is -2.52. The molecule has 1 aromatic rings. The van der Waals surface area contributed by atoms with Crippen LogP contribution in [0.2, 0.25) is 0 Å². The van der Waals surface area contributed by atoms with Crippen LogP contribution in [0.15, 0.2) is 22.5 Å². The summed E-state index contributed by atoms with van der Waals surface area (Å²) in [4.78, 5) is 9.64. The maximum Gasteiger partial charge on any atom is 0.194 e. The number of hydrogen-bond acceptors (Lipinski definition) is 4. The maximum atomic E-state index is 5.67. The number of hydrogen-bond donors (Lipinski definition) is 1. The molecule has 1 unspecified atom stereocenters. The first-order valence-corrected chi connectivity index (χ1v) is 9.18. The molecule has 2 saturated heterocycles. The molecule has 22 heavy (non-hydrogen) atoms. The fraction of sp³-hybridized carbons (Fsp3) is 0.688. The fourth-order valence-electron chi connectivity index (χ4n) is 2.99. The molecular formula is C16H26N4OS. The number of piperazine rings is 1. The summed E-state index contributed by atoms with van der Waals surface area (Å²) in [5, 5.41) is 6.95. The molecule has 5 nitrogen and oxygen atoms in total. The van der Waals surface area contributed by atoms with Gasteiger partial charge in [-0.25, -0.2) is 0 Å². The molecule has 0 aromatic carbocycles. The molecule has 1 atom stereocenters. The molecule has 0 amide bonds. The minimum Gasteiger partial charge on any atom is -0.376 e. The molecule has 1 N–H and O–H groups in total. The second-order valence-electron chi connectivity index (χ2n) is 5.76. The molecule has 2 fully saturated rings. The number of nitrogens with zero attached hydrogens (tertiary/aromatic N) is 3. The summed E-state index contributed by atoms with van der Waals surface area (Å²) in [5.41, 5.74) is 0. The van der Waals surface area contributed by atoms with Gasteiger partial charge in [0.05, 0.1) is 17.6 Å². The molecule has 2 aliphatic heterocycles. The summed E-state index contributed by atoms with van der Waals surface area (Å²) < 4.78 is 5.67. The molecule has 0 saturated carbocycles. The van der Waals surface area contributed by atoms with Gasteiger partial charge in [-0.1, -0.05) is 0 Å². The summed E-state index contributed by atoms with van der Waals surface area (Å²) in [5.74, 6) is 1.05. The van der Waals surface area contributed by atoms with Crippen LogP contribution in [0.1, 0.15) is 19.8 Å². The lowest BCUT2D eigenvalue weighted by Gasteiger charge is -2.37. The Morgan fingerprint density at radius 2 is 2.27 bits per heavy atom. The predicted molar refractivity (Wildman–Crippen MR) is 93.1 cm³/mol. The molecule has 3 heterocycles. The third kappa shape index (κ3) is 3.93. The number of ether oxygens (including phenoxy) is 1. The van der Waals surface area contributed by atoms with Crippen LogP contribution in [0.3, 0.4) is 0 Å². The Kier molecular flexibility index (Phi) is 5.56. The van der Waals surface area contributed by atoms with Crippen LogP contribution in [0.4, 0.5) is 5.00 Å². The van der Waals surface area contributed by atoms with Crippen molar-refractivity contribution in [3.8, 4) is 0 Å². The molecule has 0 radical (unpaired) electrons. The van der Waals surface area contributed by atoms with Crippen molar-refractivity contribution in [3.63, 3.8) is 0 Å². The van der Waals surface area contributed by atoms with E-state index in [4.69, 9.17) is 9.73 Å². The Labute approximate surface area is 137 Å². The average molecular weight is 322 g/mol. The first-order chi connectivity index (χ1) is 10.9. The second kappa shape index (κ2) is 7.83. The van der Waals surface area contributed by atoms with E-state index in [9.17, 15) is 0 Å². The second-order valence-corrected chi connectivity index (χ2v) is 6.68. The molecular weight excluding hydrogens is 296 g/mol. The minimum absolute atomic E-state index is 0.320. The number of rotatable bonds is 4. The highest BCUT2D eigenvalue weighted by Crippen LogP contribution is 2.22. The van der Waals surface area contributed by atoms with Crippen molar-refractivity contribution in [3.05, 3.63) is 17.5 Å². The Balaban J connectivity index is 1.54. The van der Waals surface area contributed by atoms with Crippen LogP contribution in [0, 0.1) is 0 Å². The van der Waals surface area contributed by atoms with Crippen molar-refractivity contribution in [2.45, 2.75) is 25.9 Å². The van der Waals surface area contributed by atoms with Crippen LogP contribution in [-0.4, -0.2) is 62.8 Å². The molecule has 3 rings (SSSR count). The predicted octanol–water partition coefficient (Wildman–Crippen LogP) is 2.01. The summed E-state index contributed by atoms with van der Waals surface area (Å²) in [7, 11) is 0. The standard InChI is InChI=1S/C16H26N4OS/c1-2-17-16(18-13-14-5-3-11-21-14)20-9-7-19(8-10-20)15-6-4-12-22-15/h4,6,12,14H,2-3,5,7-11,13H2,1H3,(H,17,18). The molecule has 0 spiro atoms. The van der Waals surface area contributed by atoms with Gasteiger partial charge in [0.2, 0.25) is 0 Å². The maximum absolute atomic E-state index is 5.67. The zero-order valence-corrected chi connectivity index (χ0v) is 14.1. The quantitative estimate of drug-likeness (QED) is 0.680. The number of anilines is 1. The van der Waals surface area contributed by atoms with E-state index < -0.39 is 0 Å². The van der Waals surface area contributed by atoms with E-state index in [0.29, 0.717) is 6.10 Å². The molecule has 6 heteroatoms. The molecule has 122 valence electrons. The van der Waals surface area contributed by atoms with Crippen molar-refractivity contribution in [1.29, 1.82) is 0 Å². The van der Waals surface area contributed by atoms with E-state index in [1.165, 1.54) is 11.4 Å². The third-order valence-corrected chi connectivity index (χ3v) is 5.13. The minimum atomic E-state index is 0.320. The van der Waals surface area contributed by atoms with E-state index in [0.717, 1.165) is 58.3 Å². The SMILES string of the molecule is CCNC(=NCC1CCCO1)N1CCN(c2cccs2)CC1. The lowest BCUT2D eigenvalue weighted by atomic mass is 10.2. The van der Waals surface area contributed by atoms with E-state index in [-0.39, 0.29) is 0 Å². The van der Waals surface area contributed by atoms with Gasteiger partial charge in [0.15, 0.2) is 5.96 Å². The van der Waals surface area contributed by atoms with Gasteiger partial charge in [0, 0.05) is 39.3 Å². The third-order valence-electron chi connectivity index (χ3n) is 4.20. The van der Waals surface area contributed by atoms with Crippen molar-refractivity contribution >= 4 is 22.3 Å². The summed E-state index contributed by atoms with van der Waals surface area (Å²) in [6.07, 6.45) is 2.65. The van der Waals surface area contributed by atoms with Crippen LogP contribution in [0.25, 0.3) is 0 Å². The summed E-state index contributed by atoms with van der Waals surface area (Å²) in [6, 6.07) is 4.33. The van der Waals surface area contributed by atoms with Crippen LogP contribution in [-0.2, 0) is 4.74 Å². The van der Waals surface area contributed by atoms with E-state index in [1.54, 1.807) is 0 Å². The Bertz CT molecular complexity index is 463. The Morgan fingerprint density at radius 1 is 1.41 bits per heavy atom. The fourth-order valence-corrected chi connectivity index (χ4v) is 3.78. The van der Waals surface area contributed by atoms with Crippen molar-refractivity contribution in [2.75, 3.05) is 50.8 Å². The van der Waals surface area contributed by atoms with Gasteiger partial charge in [0.25, 0.3) is 0 Å².